The Morgan fingerprint density at radius 1 is 1.11 bits per heavy atom. The molecule has 184 valence electrons. The predicted molar refractivity (Wildman–Crippen MR) is 132 cm³/mol. The lowest BCUT2D eigenvalue weighted by Gasteiger charge is -2.48. The molecule has 0 radical (unpaired) electrons. The summed E-state index contributed by atoms with van der Waals surface area (Å²) in [7, 11) is 1.40. The van der Waals surface area contributed by atoms with Gasteiger partial charge in [-0.25, -0.2) is 4.79 Å². The quantitative estimate of drug-likeness (QED) is 0.541. The van der Waals surface area contributed by atoms with Crippen LogP contribution in [0.4, 0.5) is 0 Å². The minimum absolute atomic E-state index is 0.0729. The van der Waals surface area contributed by atoms with Gasteiger partial charge in [-0.3, -0.25) is 4.79 Å². The maximum Gasteiger partial charge on any atom is 0.337 e. The van der Waals surface area contributed by atoms with Gasteiger partial charge in [0.25, 0.3) is 0 Å². The maximum atomic E-state index is 12.6. The van der Waals surface area contributed by atoms with Crippen LogP contribution in [0.3, 0.4) is 0 Å². The first-order chi connectivity index (χ1) is 16.9. The standard InChI is InChI=1S/C30H34O5/c1-17-12-20(29(32)33-3)13-19-15-22(35-28(17)19)16-34-21-5-7-23-18(14-21)4-6-25-24(23)10-11-30(2)26(25)8-9-27(30)31/h5,7,12-14,22,24-26H,4,6,8-11,15-16H2,1-3H3/t22-,24-,25-,26+,30+/m1/s1. The smallest absolute Gasteiger partial charge is 0.337 e. The number of esters is 1. The lowest BCUT2D eigenvalue weighted by molar-refractivity contribution is -0.129. The van der Waals surface area contributed by atoms with Gasteiger partial charge in [-0.1, -0.05) is 13.0 Å². The first-order valence-corrected chi connectivity index (χ1v) is 13.0. The molecule has 3 aliphatic carbocycles. The Hall–Kier alpha value is -2.82. The van der Waals surface area contributed by atoms with Crippen LogP contribution >= 0.6 is 0 Å². The second kappa shape index (κ2) is 8.39. The number of ether oxygens (including phenoxy) is 3. The molecule has 0 bridgehead atoms. The van der Waals surface area contributed by atoms with Gasteiger partial charge in [0.2, 0.25) is 0 Å². The van der Waals surface area contributed by atoms with Crippen molar-refractivity contribution < 1.29 is 23.8 Å². The van der Waals surface area contributed by atoms with E-state index in [1.54, 1.807) is 0 Å². The Bertz CT molecular complexity index is 1200. The highest BCUT2D eigenvalue weighted by Gasteiger charge is 2.54. The van der Waals surface area contributed by atoms with Gasteiger partial charge >= 0.3 is 5.97 Å². The van der Waals surface area contributed by atoms with Crippen LogP contribution in [0.25, 0.3) is 0 Å². The Morgan fingerprint density at radius 3 is 2.80 bits per heavy atom. The zero-order valence-corrected chi connectivity index (χ0v) is 20.9. The van der Waals surface area contributed by atoms with Gasteiger partial charge in [0.15, 0.2) is 0 Å². The number of carbonyl (C=O) groups excluding carboxylic acids is 2. The van der Waals surface area contributed by atoms with E-state index in [0.717, 1.165) is 54.7 Å². The number of hydrogen-bond acceptors (Lipinski definition) is 5. The fraction of sp³-hybridized carbons (Fsp3) is 0.533. The van der Waals surface area contributed by atoms with Crippen LogP contribution in [0, 0.1) is 24.2 Å². The Morgan fingerprint density at radius 2 is 1.97 bits per heavy atom. The first kappa shape index (κ1) is 22.6. The van der Waals surface area contributed by atoms with Gasteiger partial charge in [0, 0.05) is 18.3 Å². The molecule has 0 N–H and O–H groups in total. The van der Waals surface area contributed by atoms with Crippen LogP contribution in [0.5, 0.6) is 11.5 Å². The van der Waals surface area contributed by atoms with E-state index in [0.29, 0.717) is 42.1 Å². The average molecular weight is 475 g/mol. The van der Waals surface area contributed by atoms with Gasteiger partial charge < -0.3 is 14.2 Å². The zero-order valence-electron chi connectivity index (χ0n) is 20.9. The Kier molecular flexibility index (Phi) is 5.43. The van der Waals surface area contributed by atoms with Crippen LogP contribution in [-0.4, -0.2) is 31.6 Å². The number of Topliss-reactive ketones (excluding diaryl/α,β-unsaturated/α-hetero) is 1. The fourth-order valence-corrected chi connectivity index (χ4v) is 7.56. The van der Waals surface area contributed by atoms with Gasteiger partial charge in [-0.05, 0) is 103 Å². The molecule has 1 heterocycles. The van der Waals surface area contributed by atoms with Crippen molar-refractivity contribution in [3.63, 3.8) is 0 Å². The van der Waals surface area contributed by atoms with Crippen molar-refractivity contribution in [1.29, 1.82) is 0 Å². The molecule has 35 heavy (non-hydrogen) atoms. The predicted octanol–water partition coefficient (Wildman–Crippen LogP) is 5.59. The van der Waals surface area contributed by atoms with E-state index in [1.807, 2.05) is 19.1 Å². The molecule has 5 nitrogen and oxygen atoms in total. The molecule has 0 amide bonds. The van der Waals surface area contributed by atoms with Crippen molar-refractivity contribution in [2.24, 2.45) is 17.3 Å². The molecule has 2 saturated carbocycles. The third-order valence-electron chi connectivity index (χ3n) is 9.35. The second-order valence-corrected chi connectivity index (χ2v) is 11.2. The molecule has 5 heteroatoms. The molecule has 5 atom stereocenters. The van der Waals surface area contributed by atoms with E-state index in [-0.39, 0.29) is 17.5 Å². The second-order valence-electron chi connectivity index (χ2n) is 11.2. The lowest BCUT2D eigenvalue weighted by atomic mass is 9.55. The van der Waals surface area contributed by atoms with E-state index < -0.39 is 0 Å². The summed E-state index contributed by atoms with van der Waals surface area (Å²) in [5, 5.41) is 0. The van der Waals surface area contributed by atoms with Gasteiger partial charge in [-0.2, -0.15) is 0 Å². The van der Waals surface area contributed by atoms with Crippen molar-refractivity contribution in [1.82, 2.24) is 0 Å². The van der Waals surface area contributed by atoms with Crippen molar-refractivity contribution in [3.8, 4) is 11.5 Å². The average Bonchev–Trinajstić information content (AvgIpc) is 3.42. The summed E-state index contributed by atoms with van der Waals surface area (Å²) in [6.45, 7) is 4.66. The van der Waals surface area contributed by atoms with Crippen molar-refractivity contribution >= 4 is 11.8 Å². The molecular formula is C30H34O5. The largest absolute Gasteiger partial charge is 0.490 e. The zero-order chi connectivity index (χ0) is 24.3. The third-order valence-corrected chi connectivity index (χ3v) is 9.35. The Labute approximate surface area is 207 Å². The summed E-state index contributed by atoms with van der Waals surface area (Å²) >= 11 is 0. The number of fused-ring (bicyclic) bond motifs is 6. The van der Waals surface area contributed by atoms with Crippen LogP contribution < -0.4 is 9.47 Å². The molecular weight excluding hydrogens is 440 g/mol. The monoisotopic (exact) mass is 474 g/mol. The number of carbonyl (C=O) groups is 2. The molecule has 2 fully saturated rings. The van der Waals surface area contributed by atoms with Crippen LogP contribution in [0.15, 0.2) is 30.3 Å². The lowest BCUT2D eigenvalue weighted by Crippen LogP contribution is -2.42. The maximum absolute atomic E-state index is 12.6. The summed E-state index contributed by atoms with van der Waals surface area (Å²) in [5.74, 6) is 3.71. The number of methoxy groups -OCH3 is 1. The normalized spacial score (nSPS) is 30.5. The highest BCUT2D eigenvalue weighted by atomic mass is 16.5. The van der Waals surface area contributed by atoms with E-state index >= 15 is 0 Å². The summed E-state index contributed by atoms with van der Waals surface area (Å²) in [5.41, 5.74) is 5.35. The Balaban J connectivity index is 1.13. The third kappa shape index (κ3) is 3.66. The highest BCUT2D eigenvalue weighted by Crippen LogP contribution is 2.59. The topological polar surface area (TPSA) is 61.8 Å². The molecule has 6 rings (SSSR count). The van der Waals surface area contributed by atoms with Crippen LogP contribution in [0.2, 0.25) is 0 Å². The highest BCUT2D eigenvalue weighted by molar-refractivity contribution is 5.90. The van der Waals surface area contributed by atoms with Crippen molar-refractivity contribution in [2.75, 3.05) is 13.7 Å². The molecule has 0 spiro atoms. The van der Waals surface area contributed by atoms with Crippen LogP contribution in [0.1, 0.15) is 77.6 Å². The van der Waals surface area contributed by atoms with E-state index in [4.69, 9.17) is 14.2 Å². The number of ketones is 1. The SMILES string of the molecule is COC(=O)c1cc(C)c2c(c1)C[C@H](COc1ccc3c(c1)CC[C@@H]1[C@@H]3CC[C@]3(C)C(=O)CC[C@@H]13)O2. The van der Waals surface area contributed by atoms with Gasteiger partial charge in [-0.15, -0.1) is 0 Å². The molecule has 0 saturated heterocycles. The molecule has 0 unspecified atom stereocenters. The molecule has 1 aliphatic heterocycles. The molecule has 2 aromatic carbocycles. The van der Waals surface area contributed by atoms with E-state index in [9.17, 15) is 9.59 Å². The summed E-state index contributed by atoms with van der Waals surface area (Å²) in [6.07, 6.45) is 6.90. The number of hydrogen-bond donors (Lipinski definition) is 0. The van der Waals surface area contributed by atoms with Crippen molar-refractivity contribution in [3.05, 3.63) is 58.1 Å². The first-order valence-electron chi connectivity index (χ1n) is 13.0. The molecule has 0 aromatic heterocycles. The van der Waals surface area contributed by atoms with E-state index in [1.165, 1.54) is 24.7 Å². The number of aryl methyl sites for hydroxylation is 2. The molecule has 4 aliphatic rings. The van der Waals surface area contributed by atoms with E-state index in [2.05, 4.69) is 25.1 Å². The summed E-state index contributed by atoms with van der Waals surface area (Å²) in [4.78, 5) is 24.5. The summed E-state index contributed by atoms with van der Waals surface area (Å²) < 4.78 is 17.2. The molecule has 2 aromatic rings. The van der Waals surface area contributed by atoms with Crippen LogP contribution in [-0.2, 0) is 22.4 Å². The summed E-state index contributed by atoms with van der Waals surface area (Å²) in [6, 6.07) is 10.3. The van der Waals surface area contributed by atoms with Crippen molar-refractivity contribution in [2.45, 2.75) is 70.8 Å². The number of rotatable bonds is 4. The fourth-order valence-electron chi connectivity index (χ4n) is 7.56. The minimum Gasteiger partial charge on any atom is -0.490 e. The van der Waals surface area contributed by atoms with Gasteiger partial charge in [0.1, 0.15) is 30.0 Å². The number of benzene rings is 2. The minimum atomic E-state index is -0.325. The van der Waals surface area contributed by atoms with Gasteiger partial charge in [0.05, 0.1) is 12.7 Å².